The quantitative estimate of drug-likeness (QED) is 0.882. The van der Waals surface area contributed by atoms with E-state index in [2.05, 4.69) is 15.0 Å². The smallest absolute Gasteiger partial charge is 0.317 e. The summed E-state index contributed by atoms with van der Waals surface area (Å²) in [5.74, 6) is 0.454. The molecule has 0 unspecified atom stereocenters. The van der Waals surface area contributed by atoms with Crippen LogP contribution in [0.1, 0.15) is 5.89 Å². The number of thiophene rings is 1. The molecule has 8 heteroatoms. The second-order valence-electron chi connectivity index (χ2n) is 4.94. The molecule has 2 aromatic rings. The topological polar surface area (TPSA) is 82.7 Å². The Morgan fingerprint density at radius 3 is 2.76 bits per heavy atom. The van der Waals surface area contributed by atoms with Crippen molar-refractivity contribution in [2.45, 2.75) is 6.54 Å². The maximum absolute atomic E-state index is 10.7. The van der Waals surface area contributed by atoms with Crippen LogP contribution in [0.5, 0.6) is 0 Å². The number of aromatic nitrogens is 2. The summed E-state index contributed by atoms with van der Waals surface area (Å²) in [4.78, 5) is 20.2. The first-order chi connectivity index (χ1) is 10.2. The van der Waals surface area contributed by atoms with Gasteiger partial charge < -0.3 is 9.63 Å². The number of piperazine rings is 1. The Morgan fingerprint density at radius 2 is 2.10 bits per heavy atom. The van der Waals surface area contributed by atoms with Crippen molar-refractivity contribution in [2.75, 3.05) is 32.7 Å². The number of hydrogen-bond acceptors (Lipinski definition) is 7. The first-order valence-corrected chi connectivity index (χ1v) is 7.61. The van der Waals surface area contributed by atoms with Crippen molar-refractivity contribution in [3.63, 3.8) is 0 Å². The van der Waals surface area contributed by atoms with Crippen LogP contribution in [-0.4, -0.2) is 63.7 Å². The van der Waals surface area contributed by atoms with Gasteiger partial charge in [-0.15, -0.1) is 11.3 Å². The Labute approximate surface area is 125 Å². The van der Waals surface area contributed by atoms with Crippen molar-refractivity contribution < 1.29 is 14.4 Å². The molecule has 1 aliphatic heterocycles. The van der Waals surface area contributed by atoms with Crippen molar-refractivity contribution in [1.29, 1.82) is 0 Å². The Balaban J connectivity index is 1.53. The minimum absolute atomic E-state index is 0.108. The van der Waals surface area contributed by atoms with Gasteiger partial charge in [0.2, 0.25) is 11.7 Å². The Hall–Kier alpha value is -1.77. The van der Waals surface area contributed by atoms with E-state index < -0.39 is 5.97 Å². The lowest BCUT2D eigenvalue weighted by Crippen LogP contribution is -2.47. The van der Waals surface area contributed by atoms with Gasteiger partial charge in [0.15, 0.2) is 0 Å². The second kappa shape index (κ2) is 6.33. The third-order valence-electron chi connectivity index (χ3n) is 3.39. The normalized spacial score (nSPS) is 17.1. The number of hydrogen-bond donors (Lipinski definition) is 1. The first-order valence-electron chi connectivity index (χ1n) is 6.73. The fraction of sp³-hybridized carbons (Fsp3) is 0.462. The highest BCUT2D eigenvalue weighted by Crippen LogP contribution is 2.21. The van der Waals surface area contributed by atoms with Gasteiger partial charge in [-0.1, -0.05) is 11.2 Å². The molecule has 0 atom stereocenters. The molecule has 0 spiro atoms. The minimum Gasteiger partial charge on any atom is -0.480 e. The largest absolute Gasteiger partial charge is 0.480 e. The highest BCUT2D eigenvalue weighted by molar-refractivity contribution is 7.13. The monoisotopic (exact) mass is 308 g/mol. The highest BCUT2D eigenvalue weighted by Gasteiger charge is 2.20. The lowest BCUT2D eigenvalue weighted by atomic mass is 10.3. The summed E-state index contributed by atoms with van der Waals surface area (Å²) < 4.78 is 5.28. The number of nitrogens with zero attached hydrogens (tertiary/aromatic N) is 4. The minimum atomic E-state index is -0.777. The second-order valence-corrected chi connectivity index (χ2v) is 5.88. The maximum atomic E-state index is 10.7. The van der Waals surface area contributed by atoms with E-state index in [0.29, 0.717) is 18.3 Å². The van der Waals surface area contributed by atoms with Crippen molar-refractivity contribution in [1.82, 2.24) is 19.9 Å². The zero-order valence-corrected chi connectivity index (χ0v) is 12.3. The zero-order chi connectivity index (χ0) is 14.7. The molecule has 0 aliphatic carbocycles. The van der Waals surface area contributed by atoms with Gasteiger partial charge in [-0.25, -0.2) is 0 Å². The summed E-state index contributed by atoms with van der Waals surface area (Å²) in [7, 11) is 0. The molecule has 3 heterocycles. The van der Waals surface area contributed by atoms with Crippen LogP contribution in [0.25, 0.3) is 10.7 Å². The predicted molar refractivity (Wildman–Crippen MR) is 77.0 cm³/mol. The van der Waals surface area contributed by atoms with Crippen LogP contribution < -0.4 is 0 Å². The molecule has 7 nitrogen and oxygen atoms in total. The molecular formula is C13H16N4O3S. The van der Waals surface area contributed by atoms with Gasteiger partial charge in [0.05, 0.1) is 18.0 Å². The molecule has 112 valence electrons. The first kappa shape index (κ1) is 14.2. The standard InChI is InChI=1S/C13H16N4O3S/c18-12(19)9-17-5-3-16(4-6-17)8-11-14-13(15-20-11)10-2-1-7-21-10/h1-2,7H,3-6,8-9H2,(H,18,19). The van der Waals surface area contributed by atoms with Gasteiger partial charge in [-0.3, -0.25) is 14.6 Å². The van der Waals surface area contributed by atoms with Gasteiger partial charge in [-0.2, -0.15) is 4.98 Å². The van der Waals surface area contributed by atoms with Crippen LogP contribution >= 0.6 is 11.3 Å². The van der Waals surface area contributed by atoms with E-state index in [1.54, 1.807) is 11.3 Å². The molecule has 0 amide bonds. The molecule has 21 heavy (non-hydrogen) atoms. The summed E-state index contributed by atoms with van der Waals surface area (Å²) in [5, 5.41) is 14.7. The molecular weight excluding hydrogens is 292 g/mol. The van der Waals surface area contributed by atoms with E-state index >= 15 is 0 Å². The molecule has 2 aromatic heterocycles. The molecule has 0 bridgehead atoms. The Kier molecular flexibility index (Phi) is 4.28. The Bertz CT molecular complexity index is 590. The number of carbonyl (C=O) groups is 1. The van der Waals surface area contributed by atoms with Gasteiger partial charge in [0, 0.05) is 26.2 Å². The van der Waals surface area contributed by atoms with Crippen molar-refractivity contribution in [3.8, 4) is 10.7 Å². The van der Waals surface area contributed by atoms with Crippen molar-refractivity contribution >= 4 is 17.3 Å². The predicted octanol–water partition coefficient (Wildman–Crippen LogP) is 1.00. The van der Waals surface area contributed by atoms with E-state index in [4.69, 9.17) is 9.63 Å². The summed E-state index contributed by atoms with van der Waals surface area (Å²) in [6.07, 6.45) is 0. The summed E-state index contributed by atoms with van der Waals surface area (Å²) >= 11 is 1.58. The molecule has 3 rings (SSSR count). The van der Waals surface area contributed by atoms with Gasteiger partial charge in [0.25, 0.3) is 0 Å². The molecule has 1 saturated heterocycles. The van der Waals surface area contributed by atoms with E-state index in [-0.39, 0.29) is 6.54 Å². The van der Waals surface area contributed by atoms with E-state index in [1.807, 2.05) is 22.4 Å². The van der Waals surface area contributed by atoms with Crippen LogP contribution in [0.2, 0.25) is 0 Å². The number of aliphatic carboxylic acids is 1. The molecule has 1 aliphatic rings. The zero-order valence-electron chi connectivity index (χ0n) is 11.4. The summed E-state index contributed by atoms with van der Waals surface area (Å²) in [5.41, 5.74) is 0. The number of carboxylic acid groups (broad SMARTS) is 1. The maximum Gasteiger partial charge on any atom is 0.317 e. The van der Waals surface area contributed by atoms with Crippen LogP contribution in [0.4, 0.5) is 0 Å². The third kappa shape index (κ3) is 3.66. The van der Waals surface area contributed by atoms with Gasteiger partial charge in [0.1, 0.15) is 0 Å². The van der Waals surface area contributed by atoms with Gasteiger partial charge in [-0.05, 0) is 11.4 Å². The van der Waals surface area contributed by atoms with Crippen LogP contribution in [-0.2, 0) is 11.3 Å². The average Bonchev–Trinajstić information content (AvgIpc) is 3.11. The molecule has 0 radical (unpaired) electrons. The molecule has 1 N–H and O–H groups in total. The summed E-state index contributed by atoms with van der Waals surface area (Å²) in [6.45, 7) is 3.83. The van der Waals surface area contributed by atoms with Gasteiger partial charge >= 0.3 is 5.97 Å². The molecule has 0 aromatic carbocycles. The average molecular weight is 308 g/mol. The van der Waals surface area contributed by atoms with E-state index in [1.165, 1.54) is 0 Å². The van der Waals surface area contributed by atoms with E-state index in [0.717, 1.165) is 31.1 Å². The lowest BCUT2D eigenvalue weighted by Gasteiger charge is -2.32. The third-order valence-corrected chi connectivity index (χ3v) is 4.26. The number of carboxylic acids is 1. The highest BCUT2D eigenvalue weighted by atomic mass is 32.1. The SMILES string of the molecule is O=C(O)CN1CCN(Cc2nc(-c3cccs3)no2)CC1. The molecule has 1 fully saturated rings. The van der Waals surface area contributed by atoms with Crippen molar-refractivity contribution in [3.05, 3.63) is 23.4 Å². The van der Waals surface area contributed by atoms with E-state index in [9.17, 15) is 4.79 Å². The molecule has 0 saturated carbocycles. The lowest BCUT2D eigenvalue weighted by molar-refractivity contribution is -0.138. The van der Waals surface area contributed by atoms with Crippen LogP contribution in [0.3, 0.4) is 0 Å². The van der Waals surface area contributed by atoms with Crippen LogP contribution in [0.15, 0.2) is 22.0 Å². The summed E-state index contributed by atoms with van der Waals surface area (Å²) in [6, 6.07) is 3.92. The van der Waals surface area contributed by atoms with Crippen molar-refractivity contribution in [2.24, 2.45) is 0 Å². The fourth-order valence-electron chi connectivity index (χ4n) is 2.31. The number of rotatable bonds is 5. The van der Waals surface area contributed by atoms with Crippen LogP contribution in [0, 0.1) is 0 Å². The fourth-order valence-corrected chi connectivity index (χ4v) is 2.96. The Morgan fingerprint density at radius 1 is 1.33 bits per heavy atom.